The minimum atomic E-state index is -1.21. The van der Waals surface area contributed by atoms with Crippen molar-refractivity contribution < 1.29 is 43.0 Å². The van der Waals surface area contributed by atoms with Crippen LogP contribution < -0.4 is 60.2 Å². The molecule has 0 saturated heterocycles. The summed E-state index contributed by atoms with van der Waals surface area (Å²) < 4.78 is 10.5. The zero-order valence-electron chi connectivity index (χ0n) is 44.3. The summed E-state index contributed by atoms with van der Waals surface area (Å²) in [5, 5.41) is 33.3. The van der Waals surface area contributed by atoms with Gasteiger partial charge in [-0.25, -0.2) is 0 Å². The largest absolute Gasteiger partial charge is 0.461 e. The van der Waals surface area contributed by atoms with Crippen LogP contribution >= 0.6 is 51.8 Å². The number of nitrogens with two attached hydrogens (primary N) is 4. The lowest BCUT2D eigenvalue weighted by Crippen LogP contribution is -2.49. The van der Waals surface area contributed by atoms with Crippen molar-refractivity contribution in [3.05, 3.63) is 12.2 Å². The minimum absolute atomic E-state index is 0.0403. The summed E-state index contributed by atoms with van der Waals surface area (Å²) in [4.78, 5) is 88.2. The summed E-state index contributed by atoms with van der Waals surface area (Å²) >= 11 is 0. The minimum Gasteiger partial charge on any atom is -0.461 e. The standard InChI is InChI=1S/C48H92N13O9PS4/c1-2-3-4-5-6-7-8-9-10-11-12-13-14-15-16-21-42(64)69-35-71-36-70-43(65)23-22-40(62)61-39(46(68)58-29-33-75-74-32-28-57-45(67)38(50)20-18-25-60-48(53)54)34-41(63)55-26-30-72-73-31-27-56-44(66)37(49)19-17-24-59-47(51)52/h9-10,37-39,71H,2-8,11-36,49-50H2,1H3,(H,55,63)(H,56,66)(H,57,67)(H,58,68)(H,61,62)(H4,51,52,59)(H4,53,54,60)/b10-9-. The number of hydrogen-bond acceptors (Lipinski definition) is 17. The van der Waals surface area contributed by atoms with Crippen molar-refractivity contribution in [2.75, 3.05) is 75.0 Å². The molecule has 17 N–H and O–H groups in total. The van der Waals surface area contributed by atoms with Gasteiger partial charge in [0.2, 0.25) is 29.5 Å². The fourth-order valence-corrected chi connectivity index (χ4v) is 10.8. The highest BCUT2D eigenvalue weighted by Gasteiger charge is 2.24. The van der Waals surface area contributed by atoms with E-state index in [1.165, 1.54) is 88.1 Å². The van der Waals surface area contributed by atoms with Gasteiger partial charge in [0.1, 0.15) is 18.7 Å². The molecule has 0 fully saturated rings. The van der Waals surface area contributed by atoms with Gasteiger partial charge in [-0.05, 0) is 66.4 Å². The number of guanidine groups is 2. The Labute approximate surface area is 463 Å². The van der Waals surface area contributed by atoms with E-state index >= 15 is 0 Å². The number of allylic oxidation sites excluding steroid dienone is 2. The second-order valence-corrected chi connectivity index (χ2v) is 23.9. The van der Waals surface area contributed by atoms with Crippen LogP contribution in [0.1, 0.15) is 142 Å². The van der Waals surface area contributed by atoms with Gasteiger partial charge in [0, 0.05) is 75.1 Å². The molecule has 0 aromatic rings. The van der Waals surface area contributed by atoms with Gasteiger partial charge in [0.15, 0.2) is 11.9 Å². The van der Waals surface area contributed by atoms with Crippen LogP contribution in [0.15, 0.2) is 12.2 Å². The van der Waals surface area contributed by atoms with Crippen molar-refractivity contribution in [3.63, 3.8) is 0 Å². The van der Waals surface area contributed by atoms with Crippen LogP contribution in [0.25, 0.3) is 0 Å². The molecule has 0 aliphatic rings. The molecule has 27 heteroatoms. The third-order valence-electron chi connectivity index (χ3n) is 10.7. The van der Waals surface area contributed by atoms with Gasteiger partial charge < -0.3 is 69.6 Å². The van der Waals surface area contributed by atoms with E-state index in [1.54, 1.807) is 0 Å². The van der Waals surface area contributed by atoms with Crippen LogP contribution in [0.2, 0.25) is 0 Å². The van der Waals surface area contributed by atoms with Crippen molar-refractivity contribution in [1.82, 2.24) is 37.2 Å². The maximum Gasteiger partial charge on any atom is 0.306 e. The van der Waals surface area contributed by atoms with Gasteiger partial charge in [-0.15, -0.1) is 0 Å². The SMILES string of the molecule is CCCCCCCC/C=C\CCCCCCCC(=O)OCPCOC(=O)CCC(=O)NC(CC(=O)NCCSSCCNC(=O)C(N)CCCNC(=N)N)C(=O)NCCSSCCNC(=O)C(N)CCCNC(=N)N. The van der Waals surface area contributed by atoms with E-state index in [2.05, 4.69) is 56.3 Å². The van der Waals surface area contributed by atoms with Crippen molar-refractivity contribution in [1.29, 1.82) is 10.8 Å². The van der Waals surface area contributed by atoms with Crippen LogP contribution in [0.4, 0.5) is 0 Å². The number of carbonyl (C=O) groups is 7. The zero-order valence-corrected chi connectivity index (χ0v) is 48.6. The van der Waals surface area contributed by atoms with E-state index in [0.29, 0.717) is 81.3 Å². The highest BCUT2D eigenvalue weighted by molar-refractivity contribution is 8.77. The molecular weight excluding hydrogens is 1060 g/mol. The Morgan fingerprint density at radius 2 is 0.933 bits per heavy atom. The first-order valence-electron chi connectivity index (χ1n) is 26.4. The topological polar surface area (TPSA) is 374 Å². The average Bonchev–Trinajstić information content (AvgIpc) is 3.37. The summed E-state index contributed by atoms with van der Waals surface area (Å²) in [6.07, 6.45) is 21.6. The van der Waals surface area contributed by atoms with E-state index in [4.69, 9.17) is 43.2 Å². The monoisotopic (exact) mass is 1150 g/mol. The van der Waals surface area contributed by atoms with Crippen LogP contribution in [0.3, 0.4) is 0 Å². The van der Waals surface area contributed by atoms with E-state index in [-0.39, 0.29) is 83.3 Å². The maximum absolute atomic E-state index is 13.3. The molecule has 4 unspecified atom stereocenters. The lowest BCUT2D eigenvalue weighted by molar-refractivity contribution is -0.143. The van der Waals surface area contributed by atoms with E-state index in [0.717, 1.165) is 38.5 Å². The van der Waals surface area contributed by atoms with Gasteiger partial charge in [-0.2, -0.15) is 0 Å². The number of carbonyl (C=O) groups excluding carboxylic acids is 7. The van der Waals surface area contributed by atoms with E-state index in [9.17, 15) is 33.6 Å². The lowest BCUT2D eigenvalue weighted by atomic mass is 10.1. The molecule has 5 amide bonds. The number of amides is 5. The normalized spacial score (nSPS) is 12.4. The number of unbranched alkanes of at least 4 members (excludes halogenated alkanes) is 11. The molecule has 0 radical (unpaired) electrons. The van der Waals surface area contributed by atoms with Crippen molar-refractivity contribution in [3.8, 4) is 0 Å². The fourth-order valence-electron chi connectivity index (χ4n) is 6.59. The molecule has 22 nitrogen and oxygen atoms in total. The molecule has 0 heterocycles. The number of nitrogens with one attached hydrogen (secondary N) is 9. The summed E-state index contributed by atoms with van der Waals surface area (Å²) in [7, 11) is 5.99. The lowest BCUT2D eigenvalue weighted by Gasteiger charge is -2.18. The second-order valence-electron chi connectivity index (χ2n) is 17.4. The number of hydrogen-bond donors (Lipinski definition) is 13. The Hall–Kier alpha value is -3.68. The predicted octanol–water partition coefficient (Wildman–Crippen LogP) is 3.77. The Bertz CT molecular complexity index is 1650. The molecule has 0 aromatic heterocycles. The summed E-state index contributed by atoms with van der Waals surface area (Å²) in [6.45, 7) is 4.45. The van der Waals surface area contributed by atoms with Crippen molar-refractivity contribution in [2.24, 2.45) is 22.9 Å². The summed E-state index contributed by atoms with van der Waals surface area (Å²) in [5.41, 5.74) is 22.3. The molecule has 75 heavy (non-hydrogen) atoms. The van der Waals surface area contributed by atoms with Crippen molar-refractivity contribution in [2.45, 2.75) is 160 Å². The predicted molar refractivity (Wildman–Crippen MR) is 312 cm³/mol. The Morgan fingerprint density at radius 3 is 1.41 bits per heavy atom. The molecule has 0 aliphatic carbocycles. The van der Waals surface area contributed by atoms with Crippen LogP contribution in [0, 0.1) is 10.8 Å². The quantitative estimate of drug-likeness (QED) is 0.00784. The third kappa shape index (κ3) is 48.4. The molecular formula is C48H92N13O9PS4. The van der Waals surface area contributed by atoms with Crippen LogP contribution in [0.5, 0.6) is 0 Å². The van der Waals surface area contributed by atoms with Gasteiger partial charge in [-0.1, -0.05) is 114 Å². The molecule has 0 rings (SSSR count). The smallest absolute Gasteiger partial charge is 0.306 e. The van der Waals surface area contributed by atoms with Gasteiger partial charge in [-0.3, -0.25) is 44.4 Å². The second kappa shape index (κ2) is 51.1. The fraction of sp³-hybridized carbons (Fsp3) is 0.771. The Kier molecular flexibility index (Phi) is 48.6. The first-order chi connectivity index (χ1) is 36.2. The first kappa shape index (κ1) is 71.3. The summed E-state index contributed by atoms with van der Waals surface area (Å²) in [5.74, 6) is -1.15. The number of rotatable bonds is 50. The van der Waals surface area contributed by atoms with Gasteiger partial charge >= 0.3 is 11.9 Å². The van der Waals surface area contributed by atoms with Crippen LogP contribution in [-0.2, 0) is 43.0 Å². The zero-order chi connectivity index (χ0) is 55.6. The highest BCUT2D eigenvalue weighted by atomic mass is 33.1. The number of ether oxygens (including phenoxy) is 2. The van der Waals surface area contributed by atoms with E-state index < -0.39 is 41.8 Å². The Morgan fingerprint density at radius 1 is 0.507 bits per heavy atom. The van der Waals surface area contributed by atoms with Crippen molar-refractivity contribution >= 4 is 105 Å². The third-order valence-corrected chi connectivity index (χ3v) is 16.2. The van der Waals surface area contributed by atoms with Crippen LogP contribution in [-0.4, -0.2) is 146 Å². The molecule has 0 saturated carbocycles. The van der Waals surface area contributed by atoms with Gasteiger partial charge in [0.05, 0.1) is 24.9 Å². The number of esters is 2. The highest BCUT2D eigenvalue weighted by Crippen LogP contribution is 2.20. The Balaban J connectivity index is 4.63. The molecule has 4 atom stereocenters. The molecule has 0 bridgehead atoms. The molecule has 0 aromatic carbocycles. The average molecular weight is 1150 g/mol. The summed E-state index contributed by atoms with van der Waals surface area (Å²) in [6, 6.07) is -2.56. The first-order valence-corrected chi connectivity index (χ1v) is 32.8. The molecule has 432 valence electrons. The maximum atomic E-state index is 13.3. The van der Waals surface area contributed by atoms with Gasteiger partial charge in [0.25, 0.3) is 0 Å². The molecule has 0 spiro atoms. The molecule has 0 aliphatic heterocycles. The van der Waals surface area contributed by atoms with E-state index in [1.807, 2.05) is 0 Å².